The van der Waals surface area contributed by atoms with Crippen LogP contribution < -0.4 is 4.74 Å². The van der Waals surface area contributed by atoms with Gasteiger partial charge < -0.3 is 4.74 Å². The van der Waals surface area contributed by atoms with Gasteiger partial charge in [0, 0.05) is 11.6 Å². The molecule has 0 aromatic heterocycles. The van der Waals surface area contributed by atoms with Gasteiger partial charge in [-0.3, -0.25) is 0 Å². The molecule has 0 N–H and O–H groups in total. The Morgan fingerprint density at radius 1 is 1.30 bits per heavy atom. The topological polar surface area (TPSA) is 33.0 Å². The number of rotatable bonds is 3. The zero-order valence-electron chi connectivity index (χ0n) is 12.7. The van der Waals surface area contributed by atoms with Crippen LogP contribution in [0, 0.1) is 11.3 Å². The van der Waals surface area contributed by atoms with Crippen LogP contribution in [-0.2, 0) is 5.41 Å². The van der Waals surface area contributed by atoms with Crippen LogP contribution in [0.25, 0.3) is 5.57 Å². The molecule has 20 heavy (non-hydrogen) atoms. The van der Waals surface area contributed by atoms with Gasteiger partial charge in [0.25, 0.3) is 0 Å². The number of benzene rings is 1. The van der Waals surface area contributed by atoms with Crippen molar-refractivity contribution in [1.29, 1.82) is 5.26 Å². The lowest BCUT2D eigenvalue weighted by Crippen LogP contribution is -2.25. The lowest BCUT2D eigenvalue weighted by atomic mass is 9.70. The van der Waals surface area contributed by atoms with Gasteiger partial charge in [0.1, 0.15) is 5.75 Å². The Morgan fingerprint density at radius 3 is 2.60 bits per heavy atom. The van der Waals surface area contributed by atoms with Crippen molar-refractivity contribution in [3.8, 4) is 11.8 Å². The van der Waals surface area contributed by atoms with Crippen molar-refractivity contribution in [2.24, 2.45) is 0 Å². The van der Waals surface area contributed by atoms with Crippen molar-refractivity contribution < 1.29 is 4.74 Å². The third kappa shape index (κ3) is 2.88. The minimum atomic E-state index is 0.201. The Labute approximate surface area is 122 Å². The molecule has 1 aromatic rings. The molecule has 0 aliphatic heterocycles. The van der Waals surface area contributed by atoms with Crippen LogP contribution in [0.15, 0.2) is 24.3 Å². The van der Waals surface area contributed by atoms with Crippen LogP contribution in [0.3, 0.4) is 0 Å². The van der Waals surface area contributed by atoms with Crippen molar-refractivity contribution in [1.82, 2.24) is 0 Å². The van der Waals surface area contributed by atoms with Crippen LogP contribution in [0.4, 0.5) is 0 Å². The molecule has 1 fully saturated rings. The third-order valence-corrected chi connectivity index (χ3v) is 4.54. The quantitative estimate of drug-likeness (QED) is 0.735. The molecular weight excluding hydrogens is 246 g/mol. The number of allylic oxidation sites excluding steroid dienone is 2. The van der Waals surface area contributed by atoms with Crippen molar-refractivity contribution in [2.75, 3.05) is 7.11 Å². The number of hydrogen-bond acceptors (Lipinski definition) is 2. The standard InChI is InChI=1S/C18H23NO/c1-14(9-12-19)15-7-8-17(20-3)16(13-15)18(2)10-5-4-6-11-18/h7-9,13H,4-6,10-11H2,1-3H3. The van der Waals surface area contributed by atoms with Crippen LogP contribution >= 0.6 is 0 Å². The lowest BCUT2D eigenvalue weighted by Gasteiger charge is -2.35. The Balaban J connectivity index is 2.47. The van der Waals surface area contributed by atoms with Crippen molar-refractivity contribution in [2.45, 2.75) is 51.4 Å². The van der Waals surface area contributed by atoms with E-state index < -0.39 is 0 Å². The summed E-state index contributed by atoms with van der Waals surface area (Å²) in [5.41, 5.74) is 3.62. The molecule has 106 valence electrons. The highest BCUT2D eigenvalue weighted by Gasteiger charge is 2.31. The zero-order chi connectivity index (χ0) is 14.6. The molecule has 2 nitrogen and oxygen atoms in total. The molecule has 1 aromatic carbocycles. The third-order valence-electron chi connectivity index (χ3n) is 4.54. The van der Waals surface area contributed by atoms with Gasteiger partial charge in [-0.05, 0) is 48.4 Å². The van der Waals surface area contributed by atoms with Crippen LogP contribution in [0.2, 0.25) is 0 Å². The van der Waals surface area contributed by atoms with Crippen molar-refractivity contribution >= 4 is 5.57 Å². The summed E-state index contributed by atoms with van der Waals surface area (Å²) in [7, 11) is 1.74. The Bertz CT molecular complexity index is 545. The molecule has 1 saturated carbocycles. The number of hydrogen-bond donors (Lipinski definition) is 0. The minimum Gasteiger partial charge on any atom is -0.496 e. The summed E-state index contributed by atoms with van der Waals surface area (Å²) < 4.78 is 5.57. The molecule has 0 heterocycles. The predicted molar refractivity (Wildman–Crippen MR) is 82.7 cm³/mol. The highest BCUT2D eigenvalue weighted by Crippen LogP contribution is 2.43. The average Bonchev–Trinajstić information content (AvgIpc) is 2.47. The molecule has 0 spiro atoms. The summed E-state index contributed by atoms with van der Waals surface area (Å²) in [5.74, 6) is 0.975. The molecule has 0 atom stereocenters. The molecule has 0 amide bonds. The van der Waals surface area contributed by atoms with E-state index in [0.717, 1.165) is 16.9 Å². The van der Waals surface area contributed by atoms with Gasteiger partial charge in [0.2, 0.25) is 0 Å². The Morgan fingerprint density at radius 2 is 2.00 bits per heavy atom. The molecule has 0 bridgehead atoms. The van der Waals surface area contributed by atoms with E-state index in [4.69, 9.17) is 10.00 Å². The average molecular weight is 269 g/mol. The van der Waals surface area contributed by atoms with E-state index >= 15 is 0 Å². The normalized spacial score (nSPS) is 18.4. The first-order chi connectivity index (χ1) is 9.60. The molecule has 1 aliphatic carbocycles. The van der Waals surface area contributed by atoms with Gasteiger partial charge in [0.15, 0.2) is 0 Å². The Hall–Kier alpha value is -1.75. The van der Waals surface area contributed by atoms with Crippen LogP contribution in [0.5, 0.6) is 5.75 Å². The summed E-state index contributed by atoms with van der Waals surface area (Å²) in [4.78, 5) is 0. The van der Waals surface area contributed by atoms with Crippen LogP contribution in [-0.4, -0.2) is 7.11 Å². The van der Waals surface area contributed by atoms with E-state index in [1.165, 1.54) is 37.7 Å². The Kier molecular flexibility index (Phi) is 4.49. The maximum absolute atomic E-state index is 8.82. The second-order valence-electron chi connectivity index (χ2n) is 5.99. The van der Waals surface area contributed by atoms with E-state index in [-0.39, 0.29) is 5.41 Å². The maximum Gasteiger partial charge on any atom is 0.122 e. The molecule has 0 radical (unpaired) electrons. The molecule has 0 saturated heterocycles. The molecule has 2 rings (SSSR count). The fourth-order valence-electron chi connectivity index (χ4n) is 3.21. The van der Waals surface area contributed by atoms with Gasteiger partial charge in [0.05, 0.1) is 13.2 Å². The predicted octanol–water partition coefficient (Wildman–Crippen LogP) is 4.84. The largest absolute Gasteiger partial charge is 0.496 e. The SMILES string of the molecule is COc1ccc(C(C)=CC#N)cc1C1(C)CCCCC1. The number of methoxy groups -OCH3 is 1. The fraction of sp³-hybridized carbons (Fsp3) is 0.500. The van der Waals surface area contributed by atoms with Crippen molar-refractivity contribution in [3.63, 3.8) is 0 Å². The first-order valence-electron chi connectivity index (χ1n) is 7.36. The highest BCUT2D eigenvalue weighted by molar-refractivity contribution is 5.67. The van der Waals surface area contributed by atoms with Gasteiger partial charge in [-0.15, -0.1) is 0 Å². The number of nitrogens with zero attached hydrogens (tertiary/aromatic N) is 1. The zero-order valence-corrected chi connectivity index (χ0v) is 12.7. The minimum absolute atomic E-state index is 0.201. The fourth-order valence-corrected chi connectivity index (χ4v) is 3.21. The van der Waals surface area contributed by atoms with E-state index in [0.29, 0.717) is 0 Å². The second-order valence-corrected chi connectivity index (χ2v) is 5.99. The summed E-state index contributed by atoms with van der Waals surface area (Å²) in [5, 5.41) is 8.82. The van der Waals surface area contributed by atoms with Gasteiger partial charge >= 0.3 is 0 Å². The van der Waals surface area contributed by atoms with E-state index in [2.05, 4.69) is 19.1 Å². The first-order valence-corrected chi connectivity index (χ1v) is 7.36. The van der Waals surface area contributed by atoms with Gasteiger partial charge in [-0.1, -0.05) is 32.3 Å². The smallest absolute Gasteiger partial charge is 0.122 e. The molecule has 1 aliphatic rings. The lowest BCUT2D eigenvalue weighted by molar-refractivity contribution is 0.304. The first kappa shape index (κ1) is 14.7. The van der Waals surface area contributed by atoms with E-state index in [1.807, 2.05) is 19.1 Å². The van der Waals surface area contributed by atoms with Gasteiger partial charge in [-0.25, -0.2) is 0 Å². The maximum atomic E-state index is 8.82. The second kappa shape index (κ2) is 6.13. The van der Waals surface area contributed by atoms with E-state index in [9.17, 15) is 0 Å². The molecule has 2 heteroatoms. The van der Waals surface area contributed by atoms with Gasteiger partial charge in [-0.2, -0.15) is 5.26 Å². The van der Waals surface area contributed by atoms with Crippen LogP contribution in [0.1, 0.15) is 57.1 Å². The summed E-state index contributed by atoms with van der Waals surface area (Å²) >= 11 is 0. The number of ether oxygens (including phenoxy) is 1. The molecule has 0 unspecified atom stereocenters. The summed E-state index contributed by atoms with van der Waals surface area (Å²) in [6, 6.07) is 8.41. The van der Waals surface area contributed by atoms with E-state index in [1.54, 1.807) is 13.2 Å². The molecular formula is C18H23NO. The van der Waals surface area contributed by atoms with Crippen molar-refractivity contribution in [3.05, 3.63) is 35.4 Å². The monoisotopic (exact) mass is 269 g/mol. The number of nitriles is 1. The summed E-state index contributed by atoms with van der Waals surface area (Å²) in [6.07, 6.45) is 7.95. The summed E-state index contributed by atoms with van der Waals surface area (Å²) in [6.45, 7) is 4.33. The highest BCUT2D eigenvalue weighted by atomic mass is 16.5.